The maximum atomic E-state index is 9.89. The Labute approximate surface area is 48.8 Å². The van der Waals surface area contributed by atoms with E-state index in [1.165, 1.54) is 13.0 Å². The van der Waals surface area contributed by atoms with E-state index in [-0.39, 0.29) is 5.57 Å². The van der Waals surface area contributed by atoms with Crippen molar-refractivity contribution in [2.45, 2.75) is 13.8 Å². The van der Waals surface area contributed by atoms with E-state index in [9.17, 15) is 9.90 Å². The number of carbonyl (C=O) groups excluding carboxylic acids is 1. The normalized spacial score (nSPS) is 11.0. The first-order chi connectivity index (χ1) is 3.68. The molecule has 8 heavy (non-hydrogen) atoms. The topological polar surface area (TPSA) is 40.1 Å². The molecule has 0 saturated heterocycles. The minimum absolute atomic E-state index is 0.257. The van der Waals surface area contributed by atoms with E-state index in [1.54, 1.807) is 13.3 Å². The lowest BCUT2D eigenvalue weighted by molar-refractivity contribution is -0.299. The molecule has 0 aliphatic heterocycles. The summed E-state index contributed by atoms with van der Waals surface area (Å²) < 4.78 is 0. The Kier molecular flexibility index (Phi) is 2.77. The summed E-state index contributed by atoms with van der Waals surface area (Å²) in [6, 6.07) is 0. The van der Waals surface area contributed by atoms with Crippen LogP contribution in [0.1, 0.15) is 13.8 Å². The maximum absolute atomic E-state index is 9.89. The van der Waals surface area contributed by atoms with Crippen molar-refractivity contribution in [1.29, 1.82) is 0 Å². The molecule has 0 unspecified atom stereocenters. The van der Waals surface area contributed by atoms with E-state index < -0.39 is 5.97 Å². The molecule has 2 heteroatoms. The number of carboxylic acids is 1. The second-order valence-corrected chi connectivity index (χ2v) is 1.47. The first kappa shape index (κ1) is 7.08. The molecule has 0 fully saturated rings. The molecule has 0 saturated carbocycles. The predicted molar refractivity (Wildman–Crippen MR) is 28.7 cm³/mol. The molecule has 0 atom stereocenters. The Morgan fingerprint density at radius 1 is 1.75 bits per heavy atom. The number of carbonyl (C=O) groups is 1. The summed E-state index contributed by atoms with van der Waals surface area (Å²) in [4.78, 5) is 9.89. The number of rotatable bonds is 2. The van der Waals surface area contributed by atoms with Gasteiger partial charge in [0.15, 0.2) is 5.97 Å². The van der Waals surface area contributed by atoms with Crippen molar-refractivity contribution in [3.8, 4) is 0 Å². The Morgan fingerprint density at radius 3 is 2.38 bits per heavy atom. The lowest BCUT2D eigenvalue weighted by Gasteiger charge is -1.88. The number of hydrogen-bond donors (Lipinski definition) is 0. The van der Waals surface area contributed by atoms with Crippen LogP contribution in [0.5, 0.6) is 0 Å². The first-order valence-corrected chi connectivity index (χ1v) is 2.36. The van der Waals surface area contributed by atoms with Gasteiger partial charge in [-0.3, -0.25) is 0 Å². The molecule has 44 valence electrons. The highest BCUT2D eigenvalue weighted by Gasteiger charge is 1.94. The van der Waals surface area contributed by atoms with E-state index in [0.717, 1.165) is 0 Å². The van der Waals surface area contributed by atoms with Crippen LogP contribution in [0.2, 0.25) is 0 Å². The second kappa shape index (κ2) is 3.13. The van der Waals surface area contributed by atoms with Crippen molar-refractivity contribution in [2.75, 3.05) is 0 Å². The van der Waals surface area contributed by atoms with Crippen LogP contribution in [0, 0.1) is 6.42 Å². The lowest BCUT2D eigenvalue weighted by Crippen LogP contribution is -2.22. The van der Waals surface area contributed by atoms with Crippen LogP contribution in [0.15, 0.2) is 11.6 Å². The first-order valence-electron chi connectivity index (χ1n) is 2.36. The van der Waals surface area contributed by atoms with Crippen molar-refractivity contribution < 1.29 is 9.90 Å². The molecular weight excluding hydrogens is 104 g/mol. The summed E-state index contributed by atoms with van der Waals surface area (Å²) in [5.74, 6) is -1.11. The van der Waals surface area contributed by atoms with Crippen LogP contribution in [-0.2, 0) is 4.79 Å². The fourth-order valence-electron chi connectivity index (χ4n) is 0.318. The Bertz CT molecular complexity index is 114. The maximum Gasteiger partial charge on any atom is 0.159 e. The molecule has 0 spiro atoms. The van der Waals surface area contributed by atoms with Crippen LogP contribution in [-0.4, -0.2) is 5.97 Å². The molecule has 0 amide bonds. The fourth-order valence-corrected chi connectivity index (χ4v) is 0.318. The third kappa shape index (κ3) is 2.29. The molecule has 0 aromatic heterocycles. The van der Waals surface area contributed by atoms with E-state index in [4.69, 9.17) is 0 Å². The van der Waals surface area contributed by atoms with Crippen LogP contribution in [0.4, 0.5) is 0 Å². The van der Waals surface area contributed by atoms with Gasteiger partial charge in [-0.2, -0.15) is 0 Å². The molecule has 0 aromatic carbocycles. The summed E-state index contributed by atoms with van der Waals surface area (Å²) >= 11 is 0. The van der Waals surface area contributed by atoms with E-state index in [1.807, 2.05) is 0 Å². The molecule has 0 aliphatic carbocycles. The molecule has 0 heterocycles. The third-order valence-corrected chi connectivity index (χ3v) is 0.739. The largest absolute Gasteiger partial charge is 0.526 e. The second-order valence-electron chi connectivity index (χ2n) is 1.47. The summed E-state index contributed by atoms with van der Waals surface area (Å²) in [7, 11) is 0. The third-order valence-electron chi connectivity index (χ3n) is 0.739. The van der Waals surface area contributed by atoms with Crippen LogP contribution >= 0.6 is 0 Å². The zero-order valence-corrected chi connectivity index (χ0v) is 4.97. The summed E-state index contributed by atoms with van der Waals surface area (Å²) in [6.45, 7) is 3.25. The van der Waals surface area contributed by atoms with Crippen LogP contribution in [0.25, 0.3) is 0 Å². The van der Waals surface area contributed by atoms with Crippen molar-refractivity contribution in [2.24, 2.45) is 0 Å². The van der Waals surface area contributed by atoms with Crippen molar-refractivity contribution >= 4 is 5.97 Å². The summed E-state index contributed by atoms with van der Waals surface area (Å²) in [5, 5.41) is 9.89. The summed E-state index contributed by atoms with van der Waals surface area (Å²) in [5.41, 5.74) is 0.257. The van der Waals surface area contributed by atoms with Crippen LogP contribution < -0.4 is 5.11 Å². The Balaban J connectivity index is 3.80. The van der Waals surface area contributed by atoms with Gasteiger partial charge in [0.25, 0.3) is 0 Å². The SMILES string of the molecule is C[CH+]/C=C(\C)C(=O)[O-]. The lowest BCUT2D eigenvalue weighted by atomic mass is 10.2. The van der Waals surface area contributed by atoms with Gasteiger partial charge in [-0.05, 0) is 0 Å². The number of hydrogen-bond acceptors (Lipinski definition) is 2. The van der Waals surface area contributed by atoms with Crippen molar-refractivity contribution in [1.82, 2.24) is 0 Å². The van der Waals surface area contributed by atoms with Gasteiger partial charge in [0.2, 0.25) is 0 Å². The van der Waals surface area contributed by atoms with Gasteiger partial charge < -0.3 is 9.90 Å². The van der Waals surface area contributed by atoms with E-state index >= 15 is 0 Å². The van der Waals surface area contributed by atoms with Gasteiger partial charge in [-0.1, -0.05) is 0 Å². The van der Waals surface area contributed by atoms with Crippen molar-refractivity contribution in [3.05, 3.63) is 18.1 Å². The highest BCUT2D eigenvalue weighted by Crippen LogP contribution is 1.89. The molecule has 0 radical (unpaired) electrons. The predicted octanol–water partition coefficient (Wildman–Crippen LogP) is -0.0932. The zero-order valence-electron chi connectivity index (χ0n) is 4.97. The quantitative estimate of drug-likeness (QED) is 0.370. The minimum atomic E-state index is -1.11. The number of aliphatic carboxylic acids is 1. The van der Waals surface area contributed by atoms with E-state index in [0.29, 0.717) is 0 Å². The van der Waals surface area contributed by atoms with Gasteiger partial charge in [0.1, 0.15) is 5.57 Å². The molecule has 0 N–H and O–H groups in total. The average molecular weight is 112 g/mol. The molecule has 2 nitrogen and oxygen atoms in total. The highest BCUT2D eigenvalue weighted by atomic mass is 16.4. The standard InChI is InChI=1S/C6H8O2/c1-3-4-5(2)6(7)8/h3-4H,1-2H3/b5-4+. The molecule has 0 aromatic rings. The van der Waals surface area contributed by atoms with Gasteiger partial charge in [-0.15, -0.1) is 0 Å². The average Bonchev–Trinajstić information content (AvgIpc) is 1.67. The van der Waals surface area contributed by atoms with Gasteiger partial charge in [0, 0.05) is 20.3 Å². The molecule has 0 bridgehead atoms. The highest BCUT2D eigenvalue weighted by molar-refractivity contribution is 5.84. The van der Waals surface area contributed by atoms with Gasteiger partial charge in [0.05, 0.1) is 6.08 Å². The molecular formula is C6H8O2. The molecule has 0 rings (SSSR count). The zero-order chi connectivity index (χ0) is 6.57. The number of carboxylic acid groups (broad SMARTS) is 1. The Morgan fingerprint density at radius 2 is 2.25 bits per heavy atom. The molecule has 0 aliphatic rings. The minimum Gasteiger partial charge on any atom is -0.526 e. The van der Waals surface area contributed by atoms with Gasteiger partial charge >= 0.3 is 0 Å². The smallest absolute Gasteiger partial charge is 0.159 e. The monoisotopic (exact) mass is 112 g/mol. The summed E-state index contributed by atoms with van der Waals surface area (Å²) in [6.07, 6.45) is 3.15. The Hall–Kier alpha value is -0.920. The van der Waals surface area contributed by atoms with Gasteiger partial charge in [-0.25, -0.2) is 0 Å². The number of allylic oxidation sites excluding steroid dienone is 1. The van der Waals surface area contributed by atoms with Crippen molar-refractivity contribution in [3.63, 3.8) is 0 Å². The van der Waals surface area contributed by atoms with E-state index in [2.05, 4.69) is 0 Å². The van der Waals surface area contributed by atoms with Crippen LogP contribution in [0.3, 0.4) is 0 Å². The fraction of sp³-hybridized carbons (Fsp3) is 0.333.